The summed E-state index contributed by atoms with van der Waals surface area (Å²) in [6, 6.07) is 1.73. The third kappa shape index (κ3) is 4.19. The molecule has 0 aliphatic heterocycles. The van der Waals surface area contributed by atoms with Crippen LogP contribution in [0.1, 0.15) is 6.92 Å². The number of nitrogens with zero attached hydrogens (tertiary/aromatic N) is 1. The molecule has 0 aliphatic carbocycles. The van der Waals surface area contributed by atoms with E-state index in [2.05, 4.69) is 5.32 Å². The Labute approximate surface area is 112 Å². The van der Waals surface area contributed by atoms with Gasteiger partial charge < -0.3 is 15.2 Å². The summed E-state index contributed by atoms with van der Waals surface area (Å²) < 4.78 is 18.1. The Hall–Kier alpha value is -2.71. The first kappa shape index (κ1) is 15.3. The summed E-state index contributed by atoms with van der Waals surface area (Å²) in [7, 11) is 0. The van der Waals surface area contributed by atoms with Crippen molar-refractivity contribution in [2.24, 2.45) is 0 Å². The van der Waals surface area contributed by atoms with Gasteiger partial charge in [-0.2, -0.15) is 4.39 Å². The lowest BCUT2D eigenvalue weighted by atomic mass is 10.3. The van der Waals surface area contributed by atoms with E-state index in [4.69, 9.17) is 9.84 Å². The Balaban J connectivity index is 2.58. The number of hydrogen-bond acceptors (Lipinski definition) is 5. The maximum atomic E-state index is 13.2. The molecular formula is C11H11FN2O6. The normalized spacial score (nSPS) is 11.5. The standard InChI is InChI=1S/C11H11FN2O6/c1-6(11(16)17)13-10(15)5-20-7-2-3-9(14(18)19)8(12)4-7/h2-4,6H,5H2,1H3,(H,13,15)(H,16,17)/t6-/m0/s1. The highest BCUT2D eigenvalue weighted by Crippen LogP contribution is 2.22. The van der Waals surface area contributed by atoms with Crippen molar-refractivity contribution in [1.29, 1.82) is 0 Å². The average molecular weight is 286 g/mol. The molecule has 1 rings (SSSR count). The van der Waals surface area contributed by atoms with Crippen LogP contribution in [0.4, 0.5) is 10.1 Å². The molecule has 9 heteroatoms. The molecule has 0 aromatic heterocycles. The molecule has 0 heterocycles. The number of carbonyl (C=O) groups excluding carboxylic acids is 1. The van der Waals surface area contributed by atoms with E-state index in [1.807, 2.05) is 0 Å². The van der Waals surface area contributed by atoms with Gasteiger partial charge in [0.15, 0.2) is 6.61 Å². The summed E-state index contributed by atoms with van der Waals surface area (Å²) in [6.07, 6.45) is 0. The number of carboxylic acid groups (broad SMARTS) is 1. The third-order valence-corrected chi connectivity index (χ3v) is 2.23. The zero-order valence-corrected chi connectivity index (χ0v) is 10.3. The molecule has 0 spiro atoms. The van der Waals surface area contributed by atoms with Crippen LogP contribution in [-0.4, -0.2) is 34.6 Å². The van der Waals surface area contributed by atoms with Crippen molar-refractivity contribution in [1.82, 2.24) is 5.32 Å². The van der Waals surface area contributed by atoms with Gasteiger partial charge in [0.05, 0.1) is 4.92 Å². The number of amides is 1. The van der Waals surface area contributed by atoms with Crippen molar-refractivity contribution in [3.05, 3.63) is 34.1 Å². The molecule has 0 aliphatic rings. The minimum atomic E-state index is -1.21. The Morgan fingerprint density at radius 3 is 2.70 bits per heavy atom. The zero-order chi connectivity index (χ0) is 15.3. The average Bonchev–Trinajstić information content (AvgIpc) is 2.35. The van der Waals surface area contributed by atoms with Gasteiger partial charge in [-0.25, -0.2) is 0 Å². The molecule has 0 saturated carbocycles. The van der Waals surface area contributed by atoms with Gasteiger partial charge in [-0.3, -0.25) is 19.7 Å². The summed E-state index contributed by atoms with van der Waals surface area (Å²) in [6.45, 7) is 0.737. The van der Waals surface area contributed by atoms with Crippen LogP contribution in [0, 0.1) is 15.9 Å². The highest BCUT2D eigenvalue weighted by Gasteiger charge is 2.16. The second-order valence-electron chi connectivity index (χ2n) is 3.79. The number of carbonyl (C=O) groups is 2. The molecular weight excluding hydrogens is 275 g/mol. The van der Waals surface area contributed by atoms with E-state index in [0.717, 1.165) is 18.2 Å². The van der Waals surface area contributed by atoms with Gasteiger partial charge in [0.1, 0.15) is 11.8 Å². The van der Waals surface area contributed by atoms with E-state index in [-0.39, 0.29) is 5.75 Å². The van der Waals surface area contributed by atoms with Gasteiger partial charge in [0.2, 0.25) is 5.82 Å². The molecule has 1 atom stereocenters. The van der Waals surface area contributed by atoms with Crippen LogP contribution in [0.3, 0.4) is 0 Å². The Bertz CT molecular complexity index is 548. The zero-order valence-electron chi connectivity index (χ0n) is 10.3. The summed E-state index contributed by atoms with van der Waals surface area (Å²) in [4.78, 5) is 31.3. The molecule has 1 aromatic carbocycles. The van der Waals surface area contributed by atoms with Crippen LogP contribution >= 0.6 is 0 Å². The van der Waals surface area contributed by atoms with E-state index in [1.165, 1.54) is 6.92 Å². The molecule has 2 N–H and O–H groups in total. The number of aliphatic carboxylic acids is 1. The van der Waals surface area contributed by atoms with Crippen LogP contribution in [0.15, 0.2) is 18.2 Å². The van der Waals surface area contributed by atoms with E-state index in [9.17, 15) is 24.1 Å². The van der Waals surface area contributed by atoms with E-state index in [1.54, 1.807) is 0 Å². The third-order valence-electron chi connectivity index (χ3n) is 2.23. The van der Waals surface area contributed by atoms with Crippen LogP contribution in [0.2, 0.25) is 0 Å². The predicted octanol–water partition coefficient (Wildman–Crippen LogP) is 0.702. The first-order valence-corrected chi connectivity index (χ1v) is 5.40. The van der Waals surface area contributed by atoms with E-state index in [0.29, 0.717) is 0 Å². The quantitative estimate of drug-likeness (QED) is 0.587. The summed E-state index contributed by atoms with van der Waals surface area (Å²) in [5.41, 5.74) is -0.707. The first-order chi connectivity index (χ1) is 9.31. The number of ether oxygens (including phenoxy) is 1. The minimum Gasteiger partial charge on any atom is -0.484 e. The summed E-state index contributed by atoms with van der Waals surface area (Å²) in [5, 5.41) is 21.1. The lowest BCUT2D eigenvalue weighted by molar-refractivity contribution is -0.387. The van der Waals surface area contributed by atoms with Crippen LogP contribution in [-0.2, 0) is 9.59 Å². The number of nitro benzene ring substituents is 1. The Kier molecular flexibility index (Phi) is 4.95. The highest BCUT2D eigenvalue weighted by atomic mass is 19.1. The smallest absolute Gasteiger partial charge is 0.325 e. The van der Waals surface area contributed by atoms with Gasteiger partial charge in [-0.05, 0) is 13.0 Å². The topological polar surface area (TPSA) is 119 Å². The van der Waals surface area contributed by atoms with Crippen molar-refractivity contribution in [3.8, 4) is 5.75 Å². The molecule has 0 fully saturated rings. The number of nitrogens with one attached hydrogen (secondary N) is 1. The lowest BCUT2D eigenvalue weighted by Crippen LogP contribution is -2.40. The molecule has 0 bridgehead atoms. The molecule has 0 saturated heterocycles. The Morgan fingerprint density at radius 2 is 2.20 bits per heavy atom. The lowest BCUT2D eigenvalue weighted by Gasteiger charge is -2.10. The number of halogens is 1. The van der Waals surface area contributed by atoms with E-state index < -0.39 is 41.0 Å². The van der Waals surface area contributed by atoms with Gasteiger partial charge in [-0.15, -0.1) is 0 Å². The number of rotatable bonds is 6. The summed E-state index contributed by atoms with van der Waals surface area (Å²) in [5.74, 6) is -3.09. The highest BCUT2D eigenvalue weighted by molar-refractivity contribution is 5.84. The van der Waals surface area contributed by atoms with Crippen LogP contribution in [0.5, 0.6) is 5.75 Å². The molecule has 20 heavy (non-hydrogen) atoms. The second kappa shape index (κ2) is 6.45. The van der Waals surface area contributed by atoms with Crippen LogP contribution in [0.25, 0.3) is 0 Å². The monoisotopic (exact) mass is 286 g/mol. The van der Waals surface area contributed by atoms with Gasteiger partial charge in [0, 0.05) is 12.1 Å². The second-order valence-corrected chi connectivity index (χ2v) is 3.79. The minimum absolute atomic E-state index is 0.0776. The van der Waals surface area contributed by atoms with Crippen molar-refractivity contribution >= 4 is 17.6 Å². The van der Waals surface area contributed by atoms with Gasteiger partial charge in [0.25, 0.3) is 5.91 Å². The van der Waals surface area contributed by atoms with Crippen molar-refractivity contribution in [2.45, 2.75) is 13.0 Å². The number of benzene rings is 1. The van der Waals surface area contributed by atoms with Crippen molar-refractivity contribution in [3.63, 3.8) is 0 Å². The molecule has 8 nitrogen and oxygen atoms in total. The molecule has 1 aromatic rings. The van der Waals surface area contributed by atoms with Gasteiger partial charge >= 0.3 is 11.7 Å². The van der Waals surface area contributed by atoms with Crippen LogP contribution < -0.4 is 10.1 Å². The molecule has 1 amide bonds. The van der Waals surface area contributed by atoms with E-state index >= 15 is 0 Å². The SMILES string of the molecule is C[C@H](NC(=O)COc1ccc([N+](=O)[O-])c(F)c1)C(=O)O. The Morgan fingerprint density at radius 1 is 1.55 bits per heavy atom. The number of hydrogen-bond donors (Lipinski definition) is 2. The van der Waals surface area contributed by atoms with Gasteiger partial charge in [-0.1, -0.05) is 0 Å². The predicted molar refractivity (Wildman–Crippen MR) is 63.8 cm³/mol. The maximum absolute atomic E-state index is 13.2. The fourth-order valence-electron chi connectivity index (χ4n) is 1.22. The number of carboxylic acids is 1. The molecule has 0 radical (unpaired) electrons. The van der Waals surface area contributed by atoms with Crippen molar-refractivity contribution in [2.75, 3.05) is 6.61 Å². The number of nitro groups is 1. The maximum Gasteiger partial charge on any atom is 0.325 e. The van der Waals surface area contributed by atoms with Crippen molar-refractivity contribution < 1.29 is 28.7 Å². The summed E-state index contributed by atoms with van der Waals surface area (Å²) >= 11 is 0. The molecule has 0 unspecified atom stereocenters. The molecule has 108 valence electrons. The first-order valence-electron chi connectivity index (χ1n) is 5.40. The largest absolute Gasteiger partial charge is 0.484 e. The fourth-order valence-corrected chi connectivity index (χ4v) is 1.22. The fraction of sp³-hybridized carbons (Fsp3) is 0.273.